The van der Waals surface area contributed by atoms with E-state index in [2.05, 4.69) is 0 Å². The lowest BCUT2D eigenvalue weighted by Crippen LogP contribution is -2.35. The second kappa shape index (κ2) is 4.08. The fraction of sp³-hybridized carbons (Fsp3) is 0.600. The molecule has 0 nitrogen and oxygen atoms in total. The molecule has 0 amide bonds. The van der Waals surface area contributed by atoms with Crippen molar-refractivity contribution in [3.05, 3.63) is 11.9 Å². The quantitative estimate of drug-likeness (QED) is 0.422. The van der Waals surface area contributed by atoms with Crippen molar-refractivity contribution < 1.29 is 22.0 Å². The third-order valence-corrected chi connectivity index (χ3v) is 1.74. The van der Waals surface area contributed by atoms with Crippen molar-refractivity contribution in [2.45, 2.75) is 9.85 Å². The van der Waals surface area contributed by atoms with E-state index >= 15 is 0 Å². The van der Waals surface area contributed by atoms with E-state index in [4.69, 9.17) is 11.6 Å². The second-order valence-electron chi connectivity index (χ2n) is 1.78. The van der Waals surface area contributed by atoms with Crippen molar-refractivity contribution in [3.8, 4) is 0 Å². The number of hydrogen-bond acceptors (Lipinski definition) is 0. The Balaban J connectivity index is 4.73. The Labute approximate surface area is 83.9 Å². The topological polar surface area (TPSA) is 0 Å². The van der Waals surface area contributed by atoms with Crippen LogP contribution in [0.25, 0.3) is 0 Å². The number of halogens is 7. The molecule has 0 bridgehead atoms. The normalized spacial score (nSPS) is 15.1. The van der Waals surface area contributed by atoms with E-state index in [9.17, 15) is 22.0 Å². The average Bonchev–Trinajstić information content (AvgIpc) is 1.85. The van der Waals surface area contributed by atoms with Gasteiger partial charge in [0.2, 0.25) is 0 Å². The lowest BCUT2D eigenvalue weighted by Gasteiger charge is -2.19. The largest absolute Gasteiger partial charge is 0.369 e. The molecule has 7 heteroatoms. The minimum absolute atomic E-state index is 0.167. The molecule has 0 aromatic rings. The fourth-order valence-corrected chi connectivity index (χ4v) is 0.724. The number of alkyl halides is 6. The van der Waals surface area contributed by atoms with Crippen LogP contribution < -0.4 is 0 Å². The van der Waals surface area contributed by atoms with Gasteiger partial charge in [0.25, 0.3) is 0 Å². The molecule has 12 heavy (non-hydrogen) atoms. The van der Waals surface area contributed by atoms with Crippen LogP contribution in [-0.2, 0) is 0 Å². The molecule has 0 spiro atoms. The van der Waals surface area contributed by atoms with Gasteiger partial charge in [0.1, 0.15) is 0 Å². The Morgan fingerprint density at radius 1 is 1.33 bits per heavy atom. The molecule has 0 rings (SSSR count). The number of allylic oxidation sites excluding steroid dienone is 2. The van der Waals surface area contributed by atoms with E-state index in [-0.39, 0.29) is 28.7 Å². The molecule has 0 aliphatic carbocycles. The van der Waals surface area contributed by atoms with Crippen molar-refractivity contribution in [3.63, 3.8) is 0 Å². The van der Waals surface area contributed by atoms with Gasteiger partial charge in [0, 0.05) is 28.5 Å². The van der Waals surface area contributed by atoms with E-state index < -0.39 is 21.6 Å². The molecule has 0 saturated heterocycles. The van der Waals surface area contributed by atoms with Crippen LogP contribution >= 0.6 is 34.2 Å². The van der Waals surface area contributed by atoms with Gasteiger partial charge in [0.05, 0.1) is 0 Å². The van der Waals surface area contributed by atoms with Crippen LogP contribution in [0.3, 0.4) is 0 Å². The van der Waals surface area contributed by atoms with Crippen LogP contribution in [-0.4, -0.2) is 15.7 Å². The Morgan fingerprint density at radius 2 is 1.75 bits per heavy atom. The van der Waals surface area contributed by atoms with Crippen LogP contribution in [0.4, 0.5) is 22.0 Å². The van der Waals surface area contributed by atoms with Crippen molar-refractivity contribution in [2.24, 2.45) is 0 Å². The number of hydrogen-bond donors (Lipinski definition) is 0. The zero-order chi connectivity index (χ0) is 9.99. The summed E-state index contributed by atoms with van der Waals surface area (Å²) in [5.41, 5.74) is 0. The number of rotatable bonds is 3. The molecule has 0 atom stereocenters. The fourth-order valence-electron chi connectivity index (χ4n) is 0.331. The van der Waals surface area contributed by atoms with E-state index in [0.717, 1.165) is 0 Å². The monoisotopic (exact) mass is 320 g/mol. The van der Waals surface area contributed by atoms with Gasteiger partial charge >= 0.3 is 9.85 Å². The predicted octanol–water partition coefficient (Wildman–Crippen LogP) is 3.74. The molecule has 0 saturated carbocycles. The van der Waals surface area contributed by atoms with E-state index in [1.165, 1.54) is 0 Å². The summed E-state index contributed by atoms with van der Waals surface area (Å²) >= 11 is 5.02. The zero-order valence-electron chi connectivity index (χ0n) is 5.43. The standard InChI is InChI=1S/C5H3ClF5I/c6-2-1-3(7)4(8,9)5(10,11)12/h1H,2H2/b3-1-. The highest BCUT2D eigenvalue weighted by Crippen LogP contribution is 2.44. The van der Waals surface area contributed by atoms with Crippen molar-refractivity contribution >= 4 is 34.2 Å². The van der Waals surface area contributed by atoms with Crippen LogP contribution in [0.1, 0.15) is 0 Å². The van der Waals surface area contributed by atoms with Crippen molar-refractivity contribution in [2.75, 3.05) is 5.88 Å². The first-order valence-corrected chi connectivity index (χ1v) is 4.21. The molecular weight excluding hydrogens is 317 g/mol. The maximum absolute atomic E-state index is 12.3. The summed E-state index contributed by atoms with van der Waals surface area (Å²) < 4.78 is 56.2. The first-order valence-electron chi connectivity index (χ1n) is 2.60. The van der Waals surface area contributed by atoms with Crippen LogP contribution in [0.2, 0.25) is 0 Å². The van der Waals surface area contributed by atoms with Crippen molar-refractivity contribution in [1.29, 1.82) is 0 Å². The van der Waals surface area contributed by atoms with Gasteiger partial charge in [-0.3, -0.25) is 0 Å². The van der Waals surface area contributed by atoms with Gasteiger partial charge in [-0.2, -0.15) is 17.6 Å². The Bertz CT molecular complexity index is 185. The minimum Gasteiger partial charge on any atom is -0.205 e. The van der Waals surface area contributed by atoms with Gasteiger partial charge in [-0.1, -0.05) is 0 Å². The second-order valence-corrected chi connectivity index (χ2v) is 3.44. The Hall–Kier alpha value is 0.410. The maximum Gasteiger partial charge on any atom is 0.369 e. The lowest BCUT2D eigenvalue weighted by molar-refractivity contribution is -0.124. The molecule has 0 fully saturated rings. The Kier molecular flexibility index (Phi) is 4.22. The first kappa shape index (κ1) is 12.4. The summed E-state index contributed by atoms with van der Waals surface area (Å²) in [7, 11) is 0. The molecule has 72 valence electrons. The molecule has 0 radical (unpaired) electrons. The van der Waals surface area contributed by atoms with Gasteiger partial charge in [-0.25, -0.2) is 4.39 Å². The first-order chi connectivity index (χ1) is 5.23. The van der Waals surface area contributed by atoms with Gasteiger partial charge < -0.3 is 0 Å². The third-order valence-electron chi connectivity index (χ3n) is 0.912. The summed E-state index contributed by atoms with van der Waals surface area (Å²) in [6, 6.07) is 0. The molecule has 0 aliphatic heterocycles. The van der Waals surface area contributed by atoms with E-state index in [1.54, 1.807) is 0 Å². The molecule has 0 unspecified atom stereocenters. The van der Waals surface area contributed by atoms with Crippen LogP contribution in [0.15, 0.2) is 11.9 Å². The highest BCUT2D eigenvalue weighted by Gasteiger charge is 2.57. The third kappa shape index (κ3) is 2.72. The average molecular weight is 320 g/mol. The van der Waals surface area contributed by atoms with Gasteiger partial charge in [-0.05, 0) is 6.08 Å². The smallest absolute Gasteiger partial charge is 0.205 e. The summed E-state index contributed by atoms with van der Waals surface area (Å²) in [6.07, 6.45) is 0.203. The zero-order valence-corrected chi connectivity index (χ0v) is 8.34. The lowest BCUT2D eigenvalue weighted by atomic mass is 10.3. The highest BCUT2D eigenvalue weighted by molar-refractivity contribution is 14.1. The van der Waals surface area contributed by atoms with Gasteiger partial charge in [0.15, 0.2) is 5.83 Å². The summed E-state index contributed by atoms with van der Waals surface area (Å²) in [5.74, 6) is -7.58. The molecule has 0 N–H and O–H groups in total. The highest BCUT2D eigenvalue weighted by atomic mass is 127. The maximum atomic E-state index is 12.3. The summed E-state index contributed by atoms with van der Waals surface area (Å²) in [5, 5.41) is 0. The van der Waals surface area contributed by atoms with E-state index in [0.29, 0.717) is 0 Å². The minimum atomic E-state index is -4.79. The van der Waals surface area contributed by atoms with Crippen LogP contribution in [0.5, 0.6) is 0 Å². The van der Waals surface area contributed by atoms with Gasteiger partial charge in [-0.15, -0.1) is 11.6 Å². The van der Waals surface area contributed by atoms with Crippen molar-refractivity contribution in [1.82, 2.24) is 0 Å². The summed E-state index contributed by atoms with van der Waals surface area (Å²) in [6.45, 7) is 0. The summed E-state index contributed by atoms with van der Waals surface area (Å²) in [4.78, 5) is 0. The predicted molar refractivity (Wildman–Crippen MR) is 43.8 cm³/mol. The molecule has 0 aromatic carbocycles. The molecular formula is C5H3ClF5I. The molecule has 0 heterocycles. The molecule has 0 aliphatic rings. The Morgan fingerprint density at radius 3 is 2.00 bits per heavy atom. The van der Waals surface area contributed by atoms with E-state index in [1.807, 2.05) is 0 Å². The molecule has 0 aromatic heterocycles. The SMILES string of the molecule is F/C(=C\CCl)C(F)(F)C(F)(F)I. The van der Waals surface area contributed by atoms with Crippen LogP contribution in [0, 0.1) is 0 Å².